The maximum Gasteiger partial charge on any atom is 0.352 e. The zero-order chi connectivity index (χ0) is 29.0. The number of sulfonamides is 1. The minimum Gasteiger partial charge on any atom is -0.494 e. The van der Waals surface area contributed by atoms with E-state index in [1.807, 2.05) is 26.8 Å². The Kier molecular flexibility index (Phi) is 8.45. The number of nitrogens with zero attached hydrogens (tertiary/aromatic N) is 2. The number of para-hydroxylation sites is 1. The topological polar surface area (TPSA) is 187 Å². The van der Waals surface area contributed by atoms with Gasteiger partial charge in [0.2, 0.25) is 15.9 Å². The monoisotopic (exact) mass is 555 g/mol. The Hall–Kier alpha value is -4.65. The summed E-state index contributed by atoms with van der Waals surface area (Å²) in [6.45, 7) is 5.84. The number of benzene rings is 2. The van der Waals surface area contributed by atoms with Crippen molar-refractivity contribution in [1.82, 2.24) is 15.0 Å². The van der Waals surface area contributed by atoms with Gasteiger partial charge < -0.3 is 25.3 Å². The number of hydrogen-bond donors (Lipinski definition) is 4. The van der Waals surface area contributed by atoms with Gasteiger partial charge in [0.15, 0.2) is 11.5 Å². The highest BCUT2D eigenvalue weighted by Crippen LogP contribution is 2.35. The number of carbonyl (C=O) groups is 2. The van der Waals surface area contributed by atoms with Crippen molar-refractivity contribution in [1.29, 1.82) is 0 Å². The maximum atomic E-state index is 11.5. The van der Waals surface area contributed by atoms with Crippen LogP contribution in [0.1, 0.15) is 47.2 Å². The number of ether oxygens (including phenoxy) is 2. The minimum atomic E-state index is -3.50. The SMILES string of the molecule is COc1c(NS(C)(=O)=O)cc(C(C)(C)C)cc1C(N)=O.O=C(O)c1cc2cccc(Oc3ccncn3)c2[nH]1. The van der Waals surface area contributed by atoms with Gasteiger partial charge in [-0.2, -0.15) is 0 Å². The number of carboxylic acids is 1. The van der Waals surface area contributed by atoms with Crippen LogP contribution in [0, 0.1) is 0 Å². The van der Waals surface area contributed by atoms with E-state index < -0.39 is 21.9 Å². The van der Waals surface area contributed by atoms with Crippen LogP contribution in [0.15, 0.2) is 55.0 Å². The normalized spacial score (nSPS) is 11.3. The number of primary amides is 1. The van der Waals surface area contributed by atoms with Gasteiger partial charge in [0.05, 0.1) is 30.1 Å². The Morgan fingerprint density at radius 1 is 1.13 bits per heavy atom. The van der Waals surface area contributed by atoms with Crippen LogP contribution < -0.4 is 19.9 Å². The predicted molar refractivity (Wildman–Crippen MR) is 146 cm³/mol. The average molecular weight is 556 g/mol. The van der Waals surface area contributed by atoms with E-state index >= 15 is 0 Å². The molecule has 0 aliphatic rings. The standard InChI is InChI=1S/C13H9N3O3.C13H20N2O4S/c17-13(18)9-6-8-2-1-3-10(12(8)16-9)19-11-4-5-14-7-15-11;1-13(2,3)8-6-9(12(14)16)11(19-4)10(7-8)15-20(5,17)18/h1-7,16H,(H,17,18);6-7,15H,1-5H3,(H2,14,16). The summed E-state index contributed by atoms with van der Waals surface area (Å²) in [5.41, 5.74) is 6.93. The molecular formula is C26H29N5O7S. The van der Waals surface area contributed by atoms with Crippen LogP contribution in [0.25, 0.3) is 10.9 Å². The summed E-state index contributed by atoms with van der Waals surface area (Å²) >= 11 is 0. The number of nitrogens with one attached hydrogen (secondary N) is 2. The Bertz CT molecular complexity index is 1610. The van der Waals surface area contributed by atoms with Gasteiger partial charge >= 0.3 is 5.97 Å². The summed E-state index contributed by atoms with van der Waals surface area (Å²) in [4.78, 5) is 33.1. The molecule has 4 aromatic rings. The largest absolute Gasteiger partial charge is 0.494 e. The van der Waals surface area contributed by atoms with Crippen molar-refractivity contribution in [3.8, 4) is 17.4 Å². The first-order chi connectivity index (χ1) is 18.2. The zero-order valence-corrected chi connectivity index (χ0v) is 22.8. The van der Waals surface area contributed by atoms with Gasteiger partial charge in [0, 0.05) is 17.6 Å². The summed E-state index contributed by atoms with van der Waals surface area (Å²) < 4.78 is 35.9. The van der Waals surface area contributed by atoms with E-state index in [0.717, 1.165) is 17.2 Å². The van der Waals surface area contributed by atoms with E-state index in [4.69, 9.17) is 20.3 Å². The van der Waals surface area contributed by atoms with E-state index in [0.29, 0.717) is 17.1 Å². The molecule has 0 aliphatic carbocycles. The molecule has 2 aromatic carbocycles. The molecule has 0 aliphatic heterocycles. The molecule has 5 N–H and O–H groups in total. The van der Waals surface area contributed by atoms with E-state index in [-0.39, 0.29) is 28.1 Å². The van der Waals surface area contributed by atoms with Gasteiger partial charge in [-0.05, 0) is 35.2 Å². The number of hydrogen-bond acceptors (Lipinski definition) is 8. The molecule has 4 rings (SSSR count). The second-order valence-electron chi connectivity index (χ2n) is 9.45. The fourth-order valence-electron chi connectivity index (χ4n) is 3.52. The lowest BCUT2D eigenvalue weighted by Crippen LogP contribution is -2.19. The molecule has 12 nitrogen and oxygen atoms in total. The predicted octanol–water partition coefficient (Wildman–Crippen LogP) is 3.91. The summed E-state index contributed by atoms with van der Waals surface area (Å²) in [6.07, 6.45) is 3.98. The molecule has 0 spiro atoms. The third-order valence-corrected chi connectivity index (χ3v) is 5.93. The molecule has 0 saturated carbocycles. The maximum absolute atomic E-state index is 11.5. The zero-order valence-electron chi connectivity index (χ0n) is 22.0. The van der Waals surface area contributed by atoms with Crippen LogP contribution >= 0.6 is 0 Å². The fraction of sp³-hybridized carbons (Fsp3) is 0.231. The quantitative estimate of drug-likeness (QED) is 0.262. The van der Waals surface area contributed by atoms with E-state index in [2.05, 4.69) is 19.7 Å². The highest BCUT2D eigenvalue weighted by atomic mass is 32.2. The Morgan fingerprint density at radius 2 is 1.85 bits per heavy atom. The van der Waals surface area contributed by atoms with Gasteiger partial charge in [-0.15, -0.1) is 0 Å². The summed E-state index contributed by atoms with van der Waals surface area (Å²) in [6, 6.07) is 11.8. The molecule has 13 heteroatoms. The first-order valence-electron chi connectivity index (χ1n) is 11.5. The molecule has 2 aromatic heterocycles. The molecule has 206 valence electrons. The lowest BCUT2D eigenvalue weighted by Gasteiger charge is -2.23. The van der Waals surface area contributed by atoms with Gasteiger partial charge in [-0.25, -0.2) is 23.2 Å². The number of fused-ring (bicyclic) bond motifs is 1. The lowest BCUT2D eigenvalue weighted by atomic mass is 9.85. The molecule has 0 atom stereocenters. The summed E-state index contributed by atoms with van der Waals surface area (Å²) in [5.74, 6) is -0.651. The van der Waals surface area contributed by atoms with Crippen LogP contribution in [0.4, 0.5) is 5.69 Å². The molecule has 0 radical (unpaired) electrons. The first kappa shape index (κ1) is 28.9. The molecule has 0 bridgehead atoms. The fourth-order valence-corrected chi connectivity index (χ4v) is 4.07. The number of anilines is 1. The molecule has 39 heavy (non-hydrogen) atoms. The van der Waals surface area contributed by atoms with Crippen molar-refractivity contribution in [2.45, 2.75) is 26.2 Å². The number of aromatic amines is 1. The third-order valence-electron chi connectivity index (χ3n) is 5.34. The van der Waals surface area contributed by atoms with Crippen molar-refractivity contribution in [2.24, 2.45) is 5.73 Å². The number of aromatic nitrogens is 3. The van der Waals surface area contributed by atoms with Gasteiger partial charge in [-0.1, -0.05) is 32.9 Å². The number of carbonyl (C=O) groups excluding carboxylic acids is 1. The molecule has 0 saturated heterocycles. The van der Waals surface area contributed by atoms with Gasteiger partial charge in [0.1, 0.15) is 12.0 Å². The number of H-pyrrole nitrogens is 1. The Labute approximate surface area is 225 Å². The van der Waals surface area contributed by atoms with Crippen molar-refractivity contribution < 1.29 is 32.6 Å². The smallest absolute Gasteiger partial charge is 0.352 e. The Balaban J connectivity index is 0.000000216. The minimum absolute atomic E-state index is 0.119. The van der Waals surface area contributed by atoms with Crippen molar-refractivity contribution in [3.05, 3.63) is 71.8 Å². The number of nitrogens with two attached hydrogens (primary N) is 1. The third kappa shape index (κ3) is 7.45. The highest BCUT2D eigenvalue weighted by Gasteiger charge is 2.23. The number of rotatable bonds is 7. The van der Waals surface area contributed by atoms with Crippen LogP contribution in [0.3, 0.4) is 0 Å². The second-order valence-corrected chi connectivity index (χ2v) is 11.2. The van der Waals surface area contributed by atoms with E-state index in [1.165, 1.54) is 13.4 Å². The van der Waals surface area contributed by atoms with Crippen LogP contribution in [0.5, 0.6) is 17.4 Å². The molecule has 0 unspecified atom stereocenters. The van der Waals surface area contributed by atoms with Crippen molar-refractivity contribution >= 4 is 38.5 Å². The van der Waals surface area contributed by atoms with Crippen LogP contribution in [-0.4, -0.2) is 53.7 Å². The molecule has 2 heterocycles. The highest BCUT2D eigenvalue weighted by molar-refractivity contribution is 7.92. The van der Waals surface area contributed by atoms with Crippen LogP contribution in [-0.2, 0) is 15.4 Å². The number of carboxylic acid groups (broad SMARTS) is 1. The first-order valence-corrected chi connectivity index (χ1v) is 13.4. The molecular weight excluding hydrogens is 526 g/mol. The molecule has 0 fully saturated rings. The van der Waals surface area contributed by atoms with Crippen molar-refractivity contribution in [3.63, 3.8) is 0 Å². The summed E-state index contributed by atoms with van der Waals surface area (Å²) in [7, 11) is -2.14. The number of amides is 1. The number of methoxy groups -OCH3 is 1. The van der Waals surface area contributed by atoms with Crippen molar-refractivity contribution in [2.75, 3.05) is 18.1 Å². The molecule has 1 amide bonds. The van der Waals surface area contributed by atoms with Gasteiger partial charge in [-0.3, -0.25) is 9.52 Å². The average Bonchev–Trinajstić information content (AvgIpc) is 3.29. The number of aromatic carboxylic acids is 1. The van der Waals surface area contributed by atoms with E-state index in [1.54, 1.807) is 42.6 Å². The van der Waals surface area contributed by atoms with E-state index in [9.17, 15) is 18.0 Å². The van der Waals surface area contributed by atoms with Crippen LogP contribution in [0.2, 0.25) is 0 Å². The Morgan fingerprint density at radius 3 is 2.38 bits per heavy atom. The lowest BCUT2D eigenvalue weighted by molar-refractivity contribution is 0.0691. The summed E-state index contributed by atoms with van der Waals surface area (Å²) in [5, 5.41) is 9.74. The van der Waals surface area contributed by atoms with Gasteiger partial charge in [0.25, 0.3) is 5.91 Å². The second kappa shape index (κ2) is 11.4.